The van der Waals surface area contributed by atoms with E-state index in [-0.39, 0.29) is 50.4 Å². The van der Waals surface area contributed by atoms with Crippen molar-refractivity contribution >= 4 is 11.8 Å². The van der Waals surface area contributed by atoms with Crippen molar-refractivity contribution in [3.05, 3.63) is 11.6 Å². The summed E-state index contributed by atoms with van der Waals surface area (Å²) in [4.78, 5) is 25.5. The van der Waals surface area contributed by atoms with Crippen LogP contribution in [-0.4, -0.2) is 224 Å². The van der Waals surface area contributed by atoms with Crippen molar-refractivity contribution in [2.45, 2.75) is 279 Å². The van der Waals surface area contributed by atoms with Gasteiger partial charge in [0.1, 0.15) is 71.9 Å². The maximum Gasteiger partial charge on any atom is 0.302 e. The van der Waals surface area contributed by atoms with Gasteiger partial charge in [-0.2, -0.15) is 0 Å². The first-order chi connectivity index (χ1) is 36.3. The summed E-state index contributed by atoms with van der Waals surface area (Å²) < 4.78 is 73.3. The van der Waals surface area contributed by atoms with Crippen LogP contribution in [0.15, 0.2) is 11.6 Å². The lowest BCUT2D eigenvalue weighted by Crippen LogP contribution is -2.75. The molecule has 23 heteroatoms. The van der Waals surface area contributed by atoms with Gasteiger partial charge in [0.25, 0.3) is 0 Å². The highest BCUT2D eigenvalue weighted by Crippen LogP contribution is 2.70. The second-order valence-corrected chi connectivity index (χ2v) is 24.1. The molecule has 3 saturated carbocycles. The second-order valence-electron chi connectivity index (χ2n) is 24.1. The van der Waals surface area contributed by atoms with E-state index in [1.54, 1.807) is 34.6 Å². The molecule has 9 aliphatic rings. The Labute approximate surface area is 449 Å². The van der Waals surface area contributed by atoms with Gasteiger partial charge in [0.15, 0.2) is 31.5 Å². The van der Waals surface area contributed by atoms with E-state index in [4.69, 9.17) is 56.8 Å². The van der Waals surface area contributed by atoms with Crippen LogP contribution in [0.5, 0.6) is 0 Å². The van der Waals surface area contributed by atoms with E-state index in [2.05, 4.69) is 6.92 Å². The molecule has 0 radical (unpaired) electrons. The van der Waals surface area contributed by atoms with Gasteiger partial charge in [0.2, 0.25) is 0 Å². The summed E-state index contributed by atoms with van der Waals surface area (Å²) >= 11 is 0. The van der Waals surface area contributed by atoms with Crippen molar-refractivity contribution in [2.24, 2.45) is 22.7 Å². The zero-order valence-corrected chi connectivity index (χ0v) is 45.7. The topological polar surface area (TPSA) is 327 Å². The zero-order chi connectivity index (χ0) is 55.8. The molecular formula is C54H86O23. The summed E-state index contributed by atoms with van der Waals surface area (Å²) in [5.41, 5.74) is -3.85. The zero-order valence-electron chi connectivity index (χ0n) is 45.7. The smallest absolute Gasteiger partial charge is 0.302 e. The normalized spacial score (nSPS) is 53.1. The predicted octanol–water partition coefficient (Wildman–Crippen LogP) is 0.289. The number of carbonyl (C=O) groups is 2. The number of Topliss-reactive ketones (excluding diaryl/α,β-unsaturated/α-hetero) is 1. The fourth-order valence-corrected chi connectivity index (χ4v) is 15.2. The number of aliphatic hydroxyl groups excluding tert-OH is 7. The first kappa shape index (κ1) is 59.7. The number of methoxy groups -OCH3 is 1. The average molecular weight is 1100 g/mol. The van der Waals surface area contributed by atoms with Crippen LogP contribution in [0.1, 0.15) is 126 Å². The van der Waals surface area contributed by atoms with Gasteiger partial charge in [-0.1, -0.05) is 25.5 Å². The quantitative estimate of drug-likeness (QED) is 0.0834. The highest BCUT2D eigenvalue weighted by molar-refractivity contribution is 5.80. The molecule has 9 rings (SSSR count). The first-order valence-corrected chi connectivity index (χ1v) is 27.8. The number of aliphatic hydroxyl groups is 9. The molecule has 23 nitrogen and oxygen atoms in total. The lowest BCUT2D eigenvalue weighted by molar-refractivity contribution is -0.357. The molecule has 0 aromatic carbocycles. The van der Waals surface area contributed by atoms with Crippen molar-refractivity contribution < 1.29 is 112 Å². The van der Waals surface area contributed by atoms with E-state index in [9.17, 15) is 55.5 Å². The van der Waals surface area contributed by atoms with E-state index in [0.29, 0.717) is 32.1 Å². The van der Waals surface area contributed by atoms with Crippen molar-refractivity contribution in [2.75, 3.05) is 13.7 Å². The first-order valence-electron chi connectivity index (χ1n) is 27.8. The molecule has 0 aromatic rings. The van der Waals surface area contributed by atoms with Crippen molar-refractivity contribution in [1.29, 1.82) is 0 Å². The van der Waals surface area contributed by atoms with E-state index < -0.39 is 182 Å². The van der Waals surface area contributed by atoms with E-state index in [1.165, 1.54) is 21.0 Å². The Morgan fingerprint density at radius 2 is 1.17 bits per heavy atom. The van der Waals surface area contributed by atoms with Gasteiger partial charge in [-0.3, -0.25) is 9.59 Å². The fourth-order valence-electron chi connectivity index (χ4n) is 15.2. The Kier molecular flexibility index (Phi) is 17.9. The van der Waals surface area contributed by atoms with Crippen LogP contribution in [-0.2, 0) is 66.4 Å². The highest BCUT2D eigenvalue weighted by Gasteiger charge is 2.77. The Morgan fingerprint density at radius 3 is 1.66 bits per heavy atom. The van der Waals surface area contributed by atoms with Crippen LogP contribution >= 0.6 is 0 Å². The molecule has 0 bridgehead atoms. The number of esters is 1. The lowest BCUT2D eigenvalue weighted by atomic mass is 9.43. The molecule has 8 fully saturated rings. The van der Waals surface area contributed by atoms with E-state index >= 15 is 0 Å². The van der Waals surface area contributed by atoms with Crippen LogP contribution < -0.4 is 0 Å². The summed E-state index contributed by atoms with van der Waals surface area (Å²) in [6, 6.07) is 0. The Balaban J connectivity index is 0.736. The predicted molar refractivity (Wildman–Crippen MR) is 262 cm³/mol. The summed E-state index contributed by atoms with van der Waals surface area (Å²) in [6.07, 6.45) is -16.7. The Bertz CT molecular complexity index is 2060. The number of carbonyl (C=O) groups excluding carboxylic acids is 2. The number of hydrogen-bond acceptors (Lipinski definition) is 23. The molecule has 77 heavy (non-hydrogen) atoms. The number of ether oxygens (including phenoxy) is 12. The lowest BCUT2D eigenvalue weighted by Gasteiger charge is -2.66. The number of hydrogen-bond donors (Lipinski definition) is 9. The molecule has 9 N–H and O–H groups in total. The fraction of sp³-hybridized carbons (Fsp3) is 0.926. The van der Waals surface area contributed by atoms with Crippen LogP contribution in [0.25, 0.3) is 0 Å². The highest BCUT2D eigenvalue weighted by atomic mass is 16.8. The third kappa shape index (κ3) is 10.9. The van der Waals surface area contributed by atoms with Crippen LogP contribution in [0.2, 0.25) is 0 Å². The second kappa shape index (κ2) is 23.0. The van der Waals surface area contributed by atoms with Crippen LogP contribution in [0.3, 0.4) is 0 Å². The average Bonchev–Trinajstić information content (AvgIpc) is 3.98. The summed E-state index contributed by atoms with van der Waals surface area (Å²) in [5, 5.41) is 100. The third-order valence-corrected chi connectivity index (χ3v) is 19.5. The van der Waals surface area contributed by atoms with Crippen molar-refractivity contribution in [3.8, 4) is 0 Å². The molecule has 0 aromatic heterocycles. The van der Waals surface area contributed by atoms with Crippen molar-refractivity contribution in [3.63, 3.8) is 0 Å². The van der Waals surface area contributed by atoms with E-state index in [0.717, 1.165) is 5.57 Å². The number of rotatable bonds is 14. The van der Waals surface area contributed by atoms with Gasteiger partial charge >= 0.3 is 5.97 Å². The minimum Gasteiger partial charge on any atom is -0.462 e. The SMILES string of the molecule is CO[C@@H]1C[C@H](O[C@H]2[C@H](O)C[C@H](O[C@H]3[C@H](O)C[C@H](O[C@H]4[C@H](O)C[C@H](O[C@@H]5CC[C@@]6(C)C(=CC[C@@]7(O)[C@@H]6C[C@@H](OC(C)=O)[C@]6(C)[C@@H](C(C)=O)CC[C@]67O)C5)O[C@@H]4C)O[C@@H]3C)O[C@@H]2C)O[C@H](C)[C@H]1O[C@H]1O[C@@H](CO)[C@H](O)[C@@H](O)[C@@H]1O. The molecule has 0 spiro atoms. The summed E-state index contributed by atoms with van der Waals surface area (Å²) in [5.74, 6) is -1.62. The minimum absolute atomic E-state index is 0.00203. The third-order valence-electron chi connectivity index (χ3n) is 19.5. The standard InChI is InChI=1S/C54H86O23/c1-23(56)31-12-15-54(65)52(31,8)38(71-28(6)57)21-37-51(7)13-11-30(16-29(51)10-14-53(37,54)64)72-39-17-32(58)46(24(2)67-39)74-40-18-33(59)47(25(3)68-40)75-41-19-34(60)48(26(4)69-41)76-42-20-35(66-9)49(27(5)70-42)77-50-45(63)44(62)43(61)36(22-55)73-50/h10,24-27,30-50,55,58-65H,11-22H2,1-9H3/t24-,25-,26-,27-,30-,31-,32-,33-,34-,35-,36+,37-,38-,39+,40+,41+,42+,43+,44-,45+,46-,47-,48-,49-,50-,51+,52+,53-,54+/m1/s1. The van der Waals surface area contributed by atoms with Gasteiger partial charge in [0.05, 0.1) is 61.5 Å². The molecule has 4 aliphatic carbocycles. The molecule has 5 heterocycles. The summed E-state index contributed by atoms with van der Waals surface area (Å²) in [7, 11) is 1.46. The Hall–Kier alpha value is -1.92. The van der Waals surface area contributed by atoms with Gasteiger partial charge in [-0.15, -0.1) is 0 Å². The largest absolute Gasteiger partial charge is 0.462 e. The van der Waals surface area contributed by atoms with Gasteiger partial charge in [-0.05, 0) is 85.0 Å². The molecule has 0 unspecified atom stereocenters. The molecule has 0 amide bonds. The van der Waals surface area contributed by atoms with Gasteiger partial charge in [-0.25, -0.2) is 0 Å². The Morgan fingerprint density at radius 1 is 0.649 bits per heavy atom. The minimum atomic E-state index is -1.66. The van der Waals surface area contributed by atoms with Gasteiger partial charge < -0.3 is 103 Å². The maximum absolute atomic E-state index is 13.0. The molecule has 5 saturated heterocycles. The molecule has 29 atom stereocenters. The molecular weight excluding hydrogens is 1020 g/mol. The monoisotopic (exact) mass is 1100 g/mol. The van der Waals surface area contributed by atoms with Crippen LogP contribution in [0, 0.1) is 22.7 Å². The molecule has 440 valence electrons. The number of ketones is 1. The number of fused-ring (bicyclic) bond motifs is 5. The van der Waals surface area contributed by atoms with Crippen LogP contribution in [0.4, 0.5) is 0 Å². The van der Waals surface area contributed by atoms with Gasteiger partial charge in [0, 0.05) is 57.0 Å². The van der Waals surface area contributed by atoms with E-state index in [1.807, 2.05) is 6.08 Å². The maximum atomic E-state index is 13.0. The molecule has 5 aliphatic heterocycles. The van der Waals surface area contributed by atoms with Crippen molar-refractivity contribution in [1.82, 2.24) is 0 Å². The summed E-state index contributed by atoms with van der Waals surface area (Å²) in [6.45, 7) is 13.0.